The SMILES string of the molecule is [Cl][Ag][Cl].[Na]. The summed E-state index contributed by atoms with van der Waals surface area (Å²) in [6, 6.07) is 0. The van der Waals surface area contributed by atoms with Crippen LogP contribution in [-0.4, -0.2) is 29.6 Å². The molecule has 0 nitrogen and oxygen atoms in total. The normalized spacial score (nSPS) is 5.50. The molecule has 0 aliphatic heterocycles. The summed E-state index contributed by atoms with van der Waals surface area (Å²) >= 11 is 0.0144. The second-order valence-corrected chi connectivity index (χ2v) is 2.29. The second-order valence-electron chi connectivity index (χ2n) is 0.0431. The standard InChI is InChI=1S/Ag.2ClH.Na/h;2*1H;/q+2;;;/p-2. The van der Waals surface area contributed by atoms with Gasteiger partial charge in [-0.25, -0.2) is 0 Å². The molecule has 0 spiro atoms. The van der Waals surface area contributed by atoms with E-state index in [0.29, 0.717) is 0 Å². The van der Waals surface area contributed by atoms with E-state index in [2.05, 4.69) is 0 Å². The van der Waals surface area contributed by atoms with E-state index in [1.54, 1.807) is 0 Å². The van der Waals surface area contributed by atoms with E-state index in [9.17, 15) is 0 Å². The van der Waals surface area contributed by atoms with Crippen molar-refractivity contribution < 1.29 is 17.6 Å². The van der Waals surface area contributed by atoms with Crippen molar-refractivity contribution in [2.75, 3.05) is 0 Å². The topological polar surface area (TPSA) is 0 Å². The Hall–Kier alpha value is 2.32. The summed E-state index contributed by atoms with van der Waals surface area (Å²) in [6.07, 6.45) is 0. The van der Waals surface area contributed by atoms with Gasteiger partial charge in [-0.2, -0.15) is 0 Å². The molecule has 0 bridgehead atoms. The molecule has 0 rings (SSSR count). The Morgan fingerprint density at radius 2 is 1.25 bits per heavy atom. The predicted octanol–water partition coefficient (Wildman–Crippen LogP) is 0.996. The van der Waals surface area contributed by atoms with Crippen molar-refractivity contribution in [2.45, 2.75) is 0 Å². The summed E-state index contributed by atoms with van der Waals surface area (Å²) < 4.78 is 0. The van der Waals surface area contributed by atoms with Crippen LogP contribution in [0.4, 0.5) is 0 Å². The molecule has 0 aromatic heterocycles. The molecule has 1 radical (unpaired) electrons. The molecule has 0 unspecified atom stereocenters. The Balaban J connectivity index is 0. The van der Waals surface area contributed by atoms with E-state index in [1.807, 2.05) is 0 Å². The van der Waals surface area contributed by atoms with Crippen molar-refractivity contribution in [3.05, 3.63) is 0 Å². The molecule has 4 heavy (non-hydrogen) atoms. The van der Waals surface area contributed by atoms with E-state index in [4.69, 9.17) is 18.4 Å². The van der Waals surface area contributed by atoms with Crippen LogP contribution in [0.5, 0.6) is 0 Å². The summed E-state index contributed by atoms with van der Waals surface area (Å²) in [7, 11) is 9.59. The quantitative estimate of drug-likeness (QED) is 0.513. The fourth-order valence-corrected chi connectivity index (χ4v) is 0. The third-order valence-electron chi connectivity index (χ3n) is 0. The van der Waals surface area contributed by atoms with Gasteiger partial charge in [-0.1, -0.05) is 0 Å². The Labute approximate surface area is 64.5 Å². The van der Waals surface area contributed by atoms with Gasteiger partial charge >= 0.3 is 36.0 Å². The van der Waals surface area contributed by atoms with Gasteiger partial charge < -0.3 is 0 Å². The van der Waals surface area contributed by atoms with Crippen molar-refractivity contribution in [1.82, 2.24) is 0 Å². The summed E-state index contributed by atoms with van der Waals surface area (Å²) in [6.45, 7) is 0. The molecule has 0 N–H and O–H groups in total. The van der Waals surface area contributed by atoms with Crippen molar-refractivity contribution in [1.29, 1.82) is 0 Å². The maximum atomic E-state index is 4.79. The van der Waals surface area contributed by atoms with Crippen LogP contribution in [0.25, 0.3) is 0 Å². The molecule has 0 heterocycles. The molecule has 0 aliphatic rings. The van der Waals surface area contributed by atoms with E-state index in [0.717, 1.165) is 0 Å². The third-order valence-corrected chi connectivity index (χ3v) is 0. The van der Waals surface area contributed by atoms with Crippen LogP contribution in [0.1, 0.15) is 0 Å². The first-order valence-corrected chi connectivity index (χ1v) is 4.05. The zero-order valence-corrected chi connectivity index (χ0v) is 7.05. The van der Waals surface area contributed by atoms with Crippen molar-refractivity contribution in [3.8, 4) is 0 Å². The molecule has 0 fully saturated rings. The Morgan fingerprint density at radius 3 is 1.25 bits per heavy atom. The number of rotatable bonds is 0. The van der Waals surface area contributed by atoms with Crippen molar-refractivity contribution >= 4 is 47.9 Å². The van der Waals surface area contributed by atoms with Gasteiger partial charge in [0.1, 0.15) is 0 Å². The summed E-state index contributed by atoms with van der Waals surface area (Å²) in [5.41, 5.74) is 0. The van der Waals surface area contributed by atoms with Crippen LogP contribution in [0.3, 0.4) is 0 Å². The molecule has 4 heteroatoms. The fraction of sp³-hybridized carbons (Fsp3) is 0. The van der Waals surface area contributed by atoms with Gasteiger partial charge in [-0.3, -0.25) is 0 Å². The first kappa shape index (κ1) is 9.58. The maximum absolute atomic E-state index is 4.79. The van der Waals surface area contributed by atoms with Crippen molar-refractivity contribution in [3.63, 3.8) is 0 Å². The maximum Gasteiger partial charge on any atom is 0 e. The predicted molar refractivity (Wildman–Crippen MR) is 17.5 cm³/mol. The number of hydrogen-bond donors (Lipinski definition) is 0. The molecule has 0 amide bonds. The van der Waals surface area contributed by atoms with Crippen LogP contribution in [0, 0.1) is 0 Å². The molecule has 26 valence electrons. The summed E-state index contributed by atoms with van der Waals surface area (Å²) in [4.78, 5) is 0. The van der Waals surface area contributed by atoms with Crippen LogP contribution in [0.2, 0.25) is 0 Å². The van der Waals surface area contributed by atoms with Gasteiger partial charge in [-0.15, -0.1) is 0 Å². The smallest absolute Gasteiger partial charge is 0 e. The number of hydrogen-bond acceptors (Lipinski definition) is 0. The molecular weight excluding hydrogens is 202 g/mol. The molecule has 0 saturated heterocycles. The first-order chi connectivity index (χ1) is 1.41. The minimum Gasteiger partial charge on any atom is 0 e. The van der Waals surface area contributed by atoms with Gasteiger partial charge in [0.15, 0.2) is 0 Å². The van der Waals surface area contributed by atoms with Gasteiger partial charge in [0.2, 0.25) is 0 Å². The molecule has 0 aromatic carbocycles. The largest absolute Gasteiger partial charge is 0 e. The second kappa shape index (κ2) is 9.01. The first-order valence-electron chi connectivity index (χ1n) is 0.228. The van der Waals surface area contributed by atoms with Crippen LogP contribution < -0.4 is 0 Å². The van der Waals surface area contributed by atoms with E-state index in [-0.39, 0.29) is 47.1 Å². The Morgan fingerprint density at radius 1 is 1.25 bits per heavy atom. The van der Waals surface area contributed by atoms with Crippen molar-refractivity contribution in [2.24, 2.45) is 0 Å². The number of halogens is 2. The monoisotopic (exact) mass is 200 g/mol. The fourth-order valence-electron chi connectivity index (χ4n) is 0. The van der Waals surface area contributed by atoms with Gasteiger partial charge in [0.25, 0.3) is 0 Å². The van der Waals surface area contributed by atoms with Gasteiger partial charge in [0.05, 0.1) is 0 Å². The molecule has 0 aliphatic carbocycles. The Kier molecular flexibility index (Phi) is 21.6. The summed E-state index contributed by atoms with van der Waals surface area (Å²) in [5.74, 6) is 0. The van der Waals surface area contributed by atoms with E-state index >= 15 is 0 Å². The van der Waals surface area contributed by atoms with E-state index in [1.165, 1.54) is 0 Å². The molecule has 0 saturated carbocycles. The summed E-state index contributed by atoms with van der Waals surface area (Å²) in [5, 5.41) is 0. The molecule has 0 aromatic rings. The minimum absolute atomic E-state index is 0. The van der Waals surface area contributed by atoms with Gasteiger partial charge in [0, 0.05) is 29.6 Å². The van der Waals surface area contributed by atoms with E-state index < -0.39 is 0 Å². The minimum atomic E-state index is 0. The van der Waals surface area contributed by atoms with Gasteiger partial charge in [-0.05, 0) is 0 Å². The average molecular weight is 202 g/mol. The van der Waals surface area contributed by atoms with Crippen LogP contribution >= 0.6 is 18.4 Å². The zero-order chi connectivity index (χ0) is 2.71. The molecular formula is AgCl2Na. The zero-order valence-electron chi connectivity index (χ0n) is 2.06. The average Bonchev–Trinajstić information content (AvgIpc) is 0.918. The third kappa shape index (κ3) is 8.85. The molecule has 0 atom stereocenters. The van der Waals surface area contributed by atoms with Crippen LogP contribution in [0.15, 0.2) is 0 Å². The van der Waals surface area contributed by atoms with Crippen LogP contribution in [-0.2, 0) is 17.6 Å². The Bertz CT molecular complexity index is 6.00.